The zero-order chi connectivity index (χ0) is 28.9. The van der Waals surface area contributed by atoms with Crippen molar-refractivity contribution in [3.63, 3.8) is 0 Å². The minimum Gasteiger partial charge on any atom is -0.496 e. The first-order chi connectivity index (χ1) is 19.2. The topological polar surface area (TPSA) is 125 Å². The van der Waals surface area contributed by atoms with E-state index < -0.39 is 17.7 Å². The van der Waals surface area contributed by atoms with Crippen molar-refractivity contribution in [1.29, 1.82) is 0 Å². The van der Waals surface area contributed by atoms with E-state index in [4.69, 9.17) is 21.1 Å². The van der Waals surface area contributed by atoms with Crippen LogP contribution in [0.5, 0.6) is 5.75 Å². The number of nitrogens with zero attached hydrogens (tertiary/aromatic N) is 1. The van der Waals surface area contributed by atoms with Gasteiger partial charge in [0.2, 0.25) is 0 Å². The van der Waals surface area contributed by atoms with Crippen molar-refractivity contribution in [3.8, 4) is 5.75 Å². The fraction of sp³-hybridized carbons (Fsp3) is 0.552. The number of likely N-dealkylation sites (N-methyl/N-ethyl adjacent to an activating group) is 1. The second-order valence-electron chi connectivity index (χ2n) is 10.7. The lowest BCUT2D eigenvalue weighted by molar-refractivity contribution is -0.166. The number of benzene rings is 1. The largest absolute Gasteiger partial charge is 0.496 e. The van der Waals surface area contributed by atoms with Crippen molar-refractivity contribution in [2.75, 3.05) is 32.6 Å². The van der Waals surface area contributed by atoms with Gasteiger partial charge >= 0.3 is 12.1 Å². The number of hydrogen-bond donors (Lipinski definition) is 3. The maximum absolute atomic E-state index is 12.3. The van der Waals surface area contributed by atoms with Gasteiger partial charge in [-0.2, -0.15) is 0 Å². The summed E-state index contributed by atoms with van der Waals surface area (Å²) in [4.78, 5) is 38.5. The van der Waals surface area contributed by atoms with Crippen LogP contribution in [-0.2, 0) is 15.1 Å². The predicted octanol–water partition coefficient (Wildman–Crippen LogP) is 5.89. The summed E-state index contributed by atoms with van der Waals surface area (Å²) in [5.74, 6) is -0.867. The molecule has 11 heteroatoms. The highest BCUT2D eigenvalue weighted by Crippen LogP contribution is 2.47. The van der Waals surface area contributed by atoms with Gasteiger partial charge in [-0.25, -0.2) is 9.59 Å². The highest BCUT2D eigenvalue weighted by molar-refractivity contribution is 7.10. The molecule has 9 nitrogen and oxygen atoms in total. The zero-order valence-electron chi connectivity index (χ0n) is 22.9. The average molecular weight is 593 g/mol. The van der Waals surface area contributed by atoms with E-state index in [-0.39, 0.29) is 34.7 Å². The molecule has 0 saturated heterocycles. The molecular formula is C29H37ClN2O7S. The molecule has 0 bridgehead atoms. The van der Waals surface area contributed by atoms with Gasteiger partial charge in [0.1, 0.15) is 12.4 Å². The molecule has 40 heavy (non-hydrogen) atoms. The van der Waals surface area contributed by atoms with Crippen LogP contribution in [-0.4, -0.2) is 66.8 Å². The highest BCUT2D eigenvalue weighted by atomic mass is 35.5. The van der Waals surface area contributed by atoms with Gasteiger partial charge in [-0.05, 0) is 74.6 Å². The number of rotatable bonds is 11. The Morgan fingerprint density at radius 1 is 1.20 bits per heavy atom. The first-order valence-electron chi connectivity index (χ1n) is 13.7. The molecule has 1 aromatic carbocycles. The molecule has 2 aromatic rings. The Kier molecular flexibility index (Phi) is 10.1. The number of carbonyl (C=O) groups is 3. The van der Waals surface area contributed by atoms with E-state index in [2.05, 4.69) is 10.2 Å². The van der Waals surface area contributed by atoms with E-state index in [1.54, 1.807) is 0 Å². The van der Waals surface area contributed by atoms with E-state index in [9.17, 15) is 24.6 Å². The third-order valence-electron chi connectivity index (χ3n) is 8.43. The molecule has 3 N–H and O–H groups in total. The Morgan fingerprint density at radius 3 is 2.52 bits per heavy atom. The summed E-state index contributed by atoms with van der Waals surface area (Å²) in [7, 11) is 3.43. The summed E-state index contributed by atoms with van der Waals surface area (Å²) in [6.45, 7) is 0.735. The van der Waals surface area contributed by atoms with Gasteiger partial charge in [0.25, 0.3) is 0 Å². The van der Waals surface area contributed by atoms with Gasteiger partial charge in [-0.15, -0.1) is 11.3 Å². The number of halogens is 1. The van der Waals surface area contributed by atoms with Crippen molar-refractivity contribution >= 4 is 47.0 Å². The maximum atomic E-state index is 12.3. The summed E-state index contributed by atoms with van der Waals surface area (Å²) in [5, 5.41) is 26.2. The molecule has 2 aliphatic rings. The fourth-order valence-electron chi connectivity index (χ4n) is 6.12. The number of nitrogens with one attached hydrogen (secondary N) is 1. The van der Waals surface area contributed by atoms with Crippen LogP contribution in [0.15, 0.2) is 23.6 Å². The summed E-state index contributed by atoms with van der Waals surface area (Å²) >= 11 is 7.53. The highest BCUT2D eigenvalue weighted by Gasteiger charge is 2.49. The van der Waals surface area contributed by atoms with E-state index in [0.29, 0.717) is 29.5 Å². The van der Waals surface area contributed by atoms with Crippen molar-refractivity contribution in [1.82, 2.24) is 4.90 Å². The molecule has 2 aliphatic carbocycles. The number of carboxylic acid groups (broad SMARTS) is 1. The standard InChI is InChI=1S/C29H37ClN2O7S/c1-32(12-13-39-28(36)31-24-16-25(38-2)19(17-33)15-23(24)30)21-9-7-18(8-10-21)22-11-14-40-26(22)29(37,27(34)35)20-5-3-4-6-20/h11,14-18,20-21,37H,3-10,12-13H2,1-2H3,(H,31,36)(H,34,35)/t18-,21-,29-/m1/s1. The average Bonchev–Trinajstić information content (AvgIpc) is 3.67. The van der Waals surface area contributed by atoms with E-state index >= 15 is 0 Å². The molecule has 0 radical (unpaired) electrons. The van der Waals surface area contributed by atoms with Crippen molar-refractivity contribution in [2.24, 2.45) is 5.92 Å². The quantitative estimate of drug-likeness (QED) is 0.276. The van der Waals surface area contributed by atoms with E-state index in [0.717, 1.165) is 56.9 Å². The first kappa shape index (κ1) is 30.3. The molecule has 4 rings (SSSR count). The number of thiophene rings is 1. The SMILES string of the molecule is COc1cc(NC(=O)OCCN(C)[C@H]2CC[C@H](c3ccsc3[C@@](O)(C(=O)O)C3CCCC3)CC2)c(Cl)cc1C=O. The zero-order valence-corrected chi connectivity index (χ0v) is 24.4. The minimum absolute atomic E-state index is 0.186. The lowest BCUT2D eigenvalue weighted by Gasteiger charge is -2.36. The second kappa shape index (κ2) is 13.3. The minimum atomic E-state index is -1.81. The number of anilines is 1. The van der Waals surface area contributed by atoms with Crippen molar-refractivity contribution < 1.29 is 34.1 Å². The molecule has 218 valence electrons. The molecule has 0 aliphatic heterocycles. The Balaban J connectivity index is 1.27. The molecule has 1 atom stereocenters. The second-order valence-corrected chi connectivity index (χ2v) is 12.0. The number of methoxy groups -OCH3 is 1. The number of carboxylic acids is 1. The monoisotopic (exact) mass is 592 g/mol. The molecule has 1 heterocycles. The number of amides is 1. The Labute approximate surface area is 243 Å². The Morgan fingerprint density at radius 2 is 1.90 bits per heavy atom. The Hall–Kier alpha value is -2.66. The lowest BCUT2D eigenvalue weighted by atomic mass is 9.76. The maximum Gasteiger partial charge on any atom is 0.411 e. The third kappa shape index (κ3) is 6.46. The first-order valence-corrected chi connectivity index (χ1v) is 14.9. The van der Waals surface area contributed by atoms with Crippen molar-refractivity contribution in [3.05, 3.63) is 44.6 Å². The Bertz CT molecular complexity index is 1210. The lowest BCUT2D eigenvalue weighted by Crippen LogP contribution is -2.42. The summed E-state index contributed by atoms with van der Waals surface area (Å²) < 4.78 is 10.5. The van der Waals surface area contributed by atoms with Crippen LogP contribution >= 0.6 is 22.9 Å². The fourth-order valence-corrected chi connectivity index (χ4v) is 7.50. The van der Waals surface area contributed by atoms with Crippen LogP contribution in [0.3, 0.4) is 0 Å². The molecule has 2 fully saturated rings. The van der Waals surface area contributed by atoms with Gasteiger partial charge < -0.3 is 24.6 Å². The summed E-state index contributed by atoms with van der Waals surface area (Å²) in [6, 6.07) is 5.20. The molecule has 0 spiro atoms. The molecule has 0 unspecified atom stereocenters. The van der Waals surface area contributed by atoms with Crippen LogP contribution in [0.25, 0.3) is 0 Å². The number of hydrogen-bond acceptors (Lipinski definition) is 8. The van der Waals surface area contributed by atoms with E-state index in [1.807, 2.05) is 18.5 Å². The van der Waals surface area contributed by atoms with E-state index in [1.165, 1.54) is 30.6 Å². The van der Waals surface area contributed by atoms with Crippen LogP contribution in [0, 0.1) is 5.92 Å². The molecule has 1 aromatic heterocycles. The normalized spacial score (nSPS) is 21.1. The number of aliphatic carboxylic acids is 1. The number of aliphatic hydroxyl groups is 1. The summed E-state index contributed by atoms with van der Waals surface area (Å²) in [6.07, 6.45) is 7.03. The summed E-state index contributed by atoms with van der Waals surface area (Å²) in [5.41, 5.74) is -0.252. The van der Waals surface area contributed by atoms with Gasteiger partial charge in [0.05, 0.1) is 28.3 Å². The molecular weight excluding hydrogens is 556 g/mol. The van der Waals surface area contributed by atoms with Crippen LogP contribution in [0.2, 0.25) is 5.02 Å². The number of carbonyl (C=O) groups excluding carboxylic acids is 2. The van der Waals surface area contributed by atoms with Gasteiger partial charge in [0, 0.05) is 24.6 Å². The predicted molar refractivity (Wildman–Crippen MR) is 154 cm³/mol. The molecule has 1 amide bonds. The van der Waals surface area contributed by atoms with Gasteiger partial charge in [-0.3, -0.25) is 10.1 Å². The third-order valence-corrected chi connectivity index (χ3v) is 9.80. The van der Waals surface area contributed by atoms with Gasteiger partial charge in [-0.1, -0.05) is 24.4 Å². The number of aldehydes is 1. The van der Waals surface area contributed by atoms with Crippen LogP contribution in [0.1, 0.15) is 78.1 Å². The van der Waals surface area contributed by atoms with Gasteiger partial charge in [0.15, 0.2) is 11.9 Å². The van der Waals surface area contributed by atoms with Crippen molar-refractivity contribution in [2.45, 2.75) is 68.9 Å². The van der Waals surface area contributed by atoms with Crippen LogP contribution < -0.4 is 10.1 Å². The number of ether oxygens (including phenoxy) is 2. The smallest absolute Gasteiger partial charge is 0.411 e. The van der Waals surface area contributed by atoms with Crippen LogP contribution in [0.4, 0.5) is 10.5 Å². The molecule has 2 saturated carbocycles.